The van der Waals surface area contributed by atoms with Crippen molar-refractivity contribution in [3.8, 4) is 0 Å². The maximum Gasteiger partial charge on any atom is 0.311 e. The molecule has 0 aliphatic heterocycles. The number of rotatable bonds is 9. The lowest BCUT2D eigenvalue weighted by atomic mass is 9.82. The summed E-state index contributed by atoms with van der Waals surface area (Å²) >= 11 is 0. The minimum absolute atomic E-state index is 0.254. The van der Waals surface area contributed by atoms with Crippen LogP contribution in [-0.2, 0) is 9.53 Å². The number of aliphatic hydroxyl groups is 1. The van der Waals surface area contributed by atoms with Crippen LogP contribution in [-0.4, -0.2) is 23.3 Å². The molecule has 0 aliphatic rings. The third kappa shape index (κ3) is 6.06. The van der Waals surface area contributed by atoms with Gasteiger partial charge in [-0.05, 0) is 26.7 Å². The van der Waals surface area contributed by atoms with Crippen LogP contribution in [0.4, 0.5) is 0 Å². The van der Waals surface area contributed by atoms with Crippen molar-refractivity contribution in [1.82, 2.24) is 0 Å². The number of hydrogen-bond donors (Lipinski definition) is 1. The van der Waals surface area contributed by atoms with E-state index in [1.807, 2.05) is 6.92 Å². The van der Waals surface area contributed by atoms with Crippen LogP contribution in [0.15, 0.2) is 0 Å². The van der Waals surface area contributed by atoms with Gasteiger partial charge in [-0.2, -0.15) is 0 Å². The maximum atomic E-state index is 11.8. The predicted molar refractivity (Wildman–Crippen MR) is 69.8 cm³/mol. The van der Waals surface area contributed by atoms with Crippen molar-refractivity contribution < 1.29 is 14.6 Å². The molecular weight excluding hydrogens is 216 g/mol. The van der Waals surface area contributed by atoms with Gasteiger partial charge in [-0.3, -0.25) is 4.79 Å². The van der Waals surface area contributed by atoms with Gasteiger partial charge in [0.25, 0.3) is 0 Å². The zero-order valence-electron chi connectivity index (χ0n) is 11.8. The highest BCUT2D eigenvalue weighted by molar-refractivity contribution is 5.73. The lowest BCUT2D eigenvalue weighted by Crippen LogP contribution is -2.40. The van der Waals surface area contributed by atoms with E-state index in [0.717, 1.165) is 25.7 Å². The van der Waals surface area contributed by atoms with E-state index in [9.17, 15) is 9.90 Å². The normalized spacial score (nSPS) is 16.3. The molecule has 0 amide bonds. The monoisotopic (exact) mass is 244 g/mol. The summed E-state index contributed by atoms with van der Waals surface area (Å²) in [7, 11) is 0. The summed E-state index contributed by atoms with van der Waals surface area (Å²) < 4.78 is 5.05. The second kappa shape index (κ2) is 8.51. The first kappa shape index (κ1) is 16.4. The fraction of sp³-hybridized carbons (Fsp3) is 0.929. The van der Waals surface area contributed by atoms with Crippen molar-refractivity contribution in [2.24, 2.45) is 5.92 Å². The third-order valence-corrected chi connectivity index (χ3v) is 3.19. The second-order valence-corrected chi connectivity index (χ2v) is 4.91. The van der Waals surface area contributed by atoms with E-state index in [0.29, 0.717) is 19.4 Å². The lowest BCUT2D eigenvalue weighted by molar-refractivity contribution is -0.158. The topological polar surface area (TPSA) is 46.5 Å². The van der Waals surface area contributed by atoms with E-state index in [2.05, 4.69) is 6.92 Å². The third-order valence-electron chi connectivity index (χ3n) is 3.19. The average Bonchev–Trinajstić information content (AvgIpc) is 2.26. The molecule has 0 aromatic heterocycles. The Labute approximate surface area is 106 Å². The smallest absolute Gasteiger partial charge is 0.311 e. The van der Waals surface area contributed by atoms with Crippen LogP contribution in [0.5, 0.6) is 0 Å². The number of ether oxygens (including phenoxy) is 1. The van der Waals surface area contributed by atoms with E-state index in [1.165, 1.54) is 0 Å². The molecule has 17 heavy (non-hydrogen) atoms. The Hall–Kier alpha value is -0.570. The molecule has 3 heteroatoms. The summed E-state index contributed by atoms with van der Waals surface area (Å²) in [5.41, 5.74) is -0.933. The molecule has 3 nitrogen and oxygen atoms in total. The van der Waals surface area contributed by atoms with Gasteiger partial charge < -0.3 is 9.84 Å². The Kier molecular flexibility index (Phi) is 8.23. The molecule has 0 spiro atoms. The molecule has 2 unspecified atom stereocenters. The van der Waals surface area contributed by atoms with E-state index < -0.39 is 5.60 Å². The lowest BCUT2D eigenvalue weighted by Gasteiger charge is -2.31. The molecule has 102 valence electrons. The minimum Gasteiger partial charge on any atom is -0.466 e. The van der Waals surface area contributed by atoms with Gasteiger partial charge in [0, 0.05) is 0 Å². The van der Waals surface area contributed by atoms with Gasteiger partial charge in [-0.1, -0.05) is 39.5 Å². The minimum atomic E-state index is -0.933. The Balaban J connectivity index is 4.47. The van der Waals surface area contributed by atoms with Crippen LogP contribution in [0, 0.1) is 5.92 Å². The fourth-order valence-electron chi connectivity index (χ4n) is 2.12. The SMILES string of the molecule is CCCCCC(C)(O)C(CCC)C(=O)OCC. The zero-order chi connectivity index (χ0) is 13.3. The number of carbonyl (C=O) groups excluding carboxylic acids is 1. The molecule has 0 radical (unpaired) electrons. The summed E-state index contributed by atoms with van der Waals surface area (Å²) in [6.07, 6.45) is 5.42. The van der Waals surface area contributed by atoms with Crippen molar-refractivity contribution in [1.29, 1.82) is 0 Å². The van der Waals surface area contributed by atoms with Gasteiger partial charge in [-0.15, -0.1) is 0 Å². The van der Waals surface area contributed by atoms with Crippen molar-refractivity contribution in [2.45, 2.75) is 71.8 Å². The molecule has 0 saturated heterocycles. The molecule has 1 N–H and O–H groups in total. The van der Waals surface area contributed by atoms with Crippen LogP contribution < -0.4 is 0 Å². The standard InChI is InChI=1S/C14H28O3/c1-5-8-9-11-14(4,16)12(10-6-2)13(15)17-7-3/h12,16H,5-11H2,1-4H3. The molecule has 0 heterocycles. The van der Waals surface area contributed by atoms with Gasteiger partial charge in [0.2, 0.25) is 0 Å². The molecule has 0 bridgehead atoms. The van der Waals surface area contributed by atoms with Crippen LogP contribution in [0.1, 0.15) is 66.2 Å². The highest BCUT2D eigenvalue weighted by atomic mass is 16.5. The first-order valence-electron chi connectivity index (χ1n) is 6.88. The Morgan fingerprint density at radius 3 is 2.35 bits per heavy atom. The molecule has 2 atom stereocenters. The number of unbranched alkanes of at least 4 members (excludes halogenated alkanes) is 2. The van der Waals surface area contributed by atoms with Crippen LogP contribution in [0.25, 0.3) is 0 Å². The van der Waals surface area contributed by atoms with Crippen molar-refractivity contribution >= 4 is 5.97 Å². The van der Waals surface area contributed by atoms with Crippen molar-refractivity contribution in [3.05, 3.63) is 0 Å². The van der Waals surface area contributed by atoms with Crippen LogP contribution in [0.2, 0.25) is 0 Å². The van der Waals surface area contributed by atoms with E-state index in [4.69, 9.17) is 4.74 Å². The Bertz CT molecular complexity index is 212. The summed E-state index contributed by atoms with van der Waals surface area (Å²) in [6, 6.07) is 0. The van der Waals surface area contributed by atoms with E-state index in [-0.39, 0.29) is 11.9 Å². The fourth-order valence-corrected chi connectivity index (χ4v) is 2.12. The second-order valence-electron chi connectivity index (χ2n) is 4.91. The molecule has 0 fully saturated rings. The zero-order valence-corrected chi connectivity index (χ0v) is 11.8. The molecule has 0 aromatic rings. The highest BCUT2D eigenvalue weighted by Gasteiger charge is 2.37. The van der Waals surface area contributed by atoms with Crippen LogP contribution in [0.3, 0.4) is 0 Å². The number of esters is 1. The summed E-state index contributed by atoms with van der Waals surface area (Å²) in [5.74, 6) is -0.639. The van der Waals surface area contributed by atoms with Gasteiger partial charge in [0.15, 0.2) is 0 Å². The average molecular weight is 244 g/mol. The Morgan fingerprint density at radius 2 is 1.88 bits per heavy atom. The quantitative estimate of drug-likeness (QED) is 0.500. The van der Waals surface area contributed by atoms with E-state index >= 15 is 0 Å². The molecular formula is C14H28O3. The molecule has 0 rings (SSSR count). The van der Waals surface area contributed by atoms with Gasteiger partial charge in [0.1, 0.15) is 0 Å². The first-order valence-corrected chi connectivity index (χ1v) is 6.88. The van der Waals surface area contributed by atoms with Crippen LogP contribution >= 0.6 is 0 Å². The number of carbonyl (C=O) groups is 1. The largest absolute Gasteiger partial charge is 0.466 e. The maximum absolute atomic E-state index is 11.8. The van der Waals surface area contributed by atoms with Gasteiger partial charge in [0.05, 0.1) is 18.1 Å². The Morgan fingerprint density at radius 1 is 1.24 bits per heavy atom. The van der Waals surface area contributed by atoms with Gasteiger partial charge >= 0.3 is 5.97 Å². The predicted octanol–water partition coefficient (Wildman–Crippen LogP) is 3.30. The summed E-state index contributed by atoms with van der Waals surface area (Å²) in [6.45, 7) is 8.09. The first-order chi connectivity index (χ1) is 7.99. The van der Waals surface area contributed by atoms with E-state index in [1.54, 1.807) is 13.8 Å². The van der Waals surface area contributed by atoms with Gasteiger partial charge in [-0.25, -0.2) is 0 Å². The molecule has 0 aliphatic carbocycles. The number of hydrogen-bond acceptors (Lipinski definition) is 3. The summed E-state index contributed by atoms with van der Waals surface area (Å²) in [4.78, 5) is 11.8. The van der Waals surface area contributed by atoms with Crippen molar-refractivity contribution in [3.63, 3.8) is 0 Å². The van der Waals surface area contributed by atoms with Crippen molar-refractivity contribution in [2.75, 3.05) is 6.61 Å². The molecule has 0 saturated carbocycles. The highest BCUT2D eigenvalue weighted by Crippen LogP contribution is 2.28. The summed E-state index contributed by atoms with van der Waals surface area (Å²) in [5, 5.41) is 10.4. The molecule has 0 aromatic carbocycles.